The van der Waals surface area contributed by atoms with E-state index in [0.29, 0.717) is 104 Å². The van der Waals surface area contributed by atoms with Crippen LogP contribution in [-0.2, 0) is 19.3 Å². The summed E-state index contributed by atoms with van der Waals surface area (Å²) in [4.78, 5) is 45.6. The maximum atomic E-state index is 13.3. The average Bonchev–Trinajstić information content (AvgIpc) is 1.62. The normalized spacial score (nSPS) is 17.1. The van der Waals surface area contributed by atoms with Crippen LogP contribution < -0.4 is 69.9 Å². The quantitative estimate of drug-likeness (QED) is 0.00919. The molecule has 6 aromatic rings. The molecule has 0 spiro atoms. The third-order valence-electron chi connectivity index (χ3n) is 25.3. The molecule has 4 aliphatic heterocycles. The van der Waals surface area contributed by atoms with Crippen LogP contribution in [0.5, 0.6) is 57.5 Å². The number of nitrogens with one attached hydrogen (secondary N) is 1. The second-order valence-electron chi connectivity index (χ2n) is 34.6. The van der Waals surface area contributed by atoms with Crippen LogP contribution in [0, 0.1) is 64.2 Å². The summed E-state index contributed by atoms with van der Waals surface area (Å²) in [7, 11) is 7.88. The number of rotatable bonds is 38. The smallest absolute Gasteiger partial charge is 0.308 e. The van der Waals surface area contributed by atoms with Gasteiger partial charge in [0.15, 0.2) is 57.5 Å². The molecular formula is C96H145BrCl2FN13O16. The molecule has 15 rings (SSSR count). The number of nitrogen functional groups attached to an aromatic ring is 2. The average molecular weight is 1910 g/mol. The van der Waals surface area contributed by atoms with Gasteiger partial charge in [-0.05, 0) is 222 Å². The number of nitriles is 1. The number of imidazole rings is 1. The first-order valence-electron chi connectivity index (χ1n) is 47.2. The second kappa shape index (κ2) is 59.9. The topological polar surface area (TPSA) is 363 Å². The van der Waals surface area contributed by atoms with E-state index in [9.17, 15) is 34.7 Å². The SMILES string of the molecule is C1CCNC1.COc1cc(CC2CCCC2)c(N)cc1OCCCN1CCCC1.COc1cc(CC2CCCC2)c([N+](=O)[O-])cc1OCCCCl.COc1cc(CC2CCCC2)c([N+](=O)[O-])cc1OCCCN1CCCC1.COc1cc(F)c([N+](=O)[O-])cc1OCCCCl.COc1cc2c(cc1OCCCN1CCCC1)nc(N)n2C1CCCC1.N#CBr.NC1CCCC1. The molecule has 5 heterocycles. The summed E-state index contributed by atoms with van der Waals surface area (Å²) >= 11 is 13.5. The first-order chi connectivity index (χ1) is 62.7. The third-order valence-corrected chi connectivity index (χ3v) is 25.8. The van der Waals surface area contributed by atoms with Crippen LogP contribution in [0.4, 0.5) is 33.1 Å². The van der Waals surface area contributed by atoms with Gasteiger partial charge in [0, 0.05) is 100 Å². The number of nitro benzene ring substituents is 3. The van der Waals surface area contributed by atoms with E-state index in [2.05, 4.69) is 51.6 Å². The maximum Gasteiger partial charge on any atom is 0.308 e. The molecule has 4 saturated heterocycles. The fraction of sp³-hybridized carbons (Fsp3) is 0.667. The number of alkyl halides is 2. The maximum absolute atomic E-state index is 13.3. The number of halogens is 4. The summed E-state index contributed by atoms with van der Waals surface area (Å²) < 4.78 is 70.9. The van der Waals surface area contributed by atoms with Crippen molar-refractivity contribution in [3.63, 3.8) is 0 Å². The van der Waals surface area contributed by atoms with Gasteiger partial charge in [-0.2, -0.15) is 9.65 Å². The van der Waals surface area contributed by atoms with Crippen molar-refractivity contribution in [1.82, 2.24) is 29.6 Å². The lowest BCUT2D eigenvalue weighted by atomic mass is 9.96. The van der Waals surface area contributed by atoms with Gasteiger partial charge in [-0.25, -0.2) is 4.98 Å². The van der Waals surface area contributed by atoms with Gasteiger partial charge in [0.2, 0.25) is 11.8 Å². The Morgan fingerprint density at radius 3 is 1.10 bits per heavy atom. The van der Waals surface area contributed by atoms with E-state index in [1.165, 1.54) is 225 Å². The number of benzene rings is 5. The van der Waals surface area contributed by atoms with Gasteiger partial charge < -0.3 is 89.2 Å². The van der Waals surface area contributed by atoms with Crippen molar-refractivity contribution >= 4 is 78.9 Å². The van der Waals surface area contributed by atoms with E-state index in [1.54, 1.807) is 45.6 Å². The van der Waals surface area contributed by atoms with Crippen LogP contribution in [-0.4, -0.2) is 197 Å². The van der Waals surface area contributed by atoms with E-state index in [-0.39, 0.29) is 39.3 Å². The number of likely N-dealkylation sites (tertiary alicyclic amines) is 3. The molecular weight excluding hydrogens is 1760 g/mol. The van der Waals surface area contributed by atoms with Crippen molar-refractivity contribution < 1.29 is 66.5 Å². The molecule has 9 fully saturated rings. The highest BCUT2D eigenvalue weighted by Crippen LogP contribution is 2.44. The first kappa shape index (κ1) is 106. The molecule has 0 amide bonds. The van der Waals surface area contributed by atoms with Crippen LogP contribution >= 0.6 is 39.1 Å². The van der Waals surface area contributed by atoms with E-state index in [4.69, 9.17) is 93.0 Å². The van der Waals surface area contributed by atoms with Crippen LogP contribution in [0.2, 0.25) is 0 Å². The van der Waals surface area contributed by atoms with Crippen molar-refractivity contribution in [2.75, 3.05) is 164 Å². The number of nitrogens with zero attached hydrogens (tertiary/aromatic N) is 9. The van der Waals surface area contributed by atoms with E-state index in [0.717, 1.165) is 153 Å². The Balaban J connectivity index is 0.000000192. The molecule has 0 atom stereocenters. The number of nitro groups is 3. The number of hydrogen-bond donors (Lipinski definition) is 4. The molecule has 0 radical (unpaired) electrons. The molecule has 5 aliphatic carbocycles. The predicted octanol–water partition coefficient (Wildman–Crippen LogP) is 20.9. The summed E-state index contributed by atoms with van der Waals surface area (Å²) in [6.07, 6.45) is 42.5. The zero-order valence-electron chi connectivity index (χ0n) is 77.1. The molecule has 29 nitrogen and oxygen atoms in total. The lowest BCUT2D eigenvalue weighted by Crippen LogP contribution is -2.22. The van der Waals surface area contributed by atoms with Gasteiger partial charge in [-0.1, -0.05) is 103 Å². The van der Waals surface area contributed by atoms with Crippen molar-refractivity contribution in [1.29, 1.82) is 5.26 Å². The minimum atomic E-state index is -0.962. The zero-order chi connectivity index (χ0) is 92.5. The molecule has 33 heteroatoms. The highest BCUT2D eigenvalue weighted by molar-refractivity contribution is 9.12. The van der Waals surface area contributed by atoms with Crippen LogP contribution in [0.15, 0.2) is 60.7 Å². The minimum Gasteiger partial charge on any atom is -0.493 e. The van der Waals surface area contributed by atoms with E-state index in [1.807, 2.05) is 24.3 Å². The molecule has 129 heavy (non-hydrogen) atoms. The highest BCUT2D eigenvalue weighted by atomic mass is 79.9. The van der Waals surface area contributed by atoms with Crippen molar-refractivity contribution in [2.24, 2.45) is 23.5 Å². The fourth-order valence-electron chi connectivity index (χ4n) is 18.4. The number of methoxy groups -OCH3 is 5. The van der Waals surface area contributed by atoms with Gasteiger partial charge in [0.05, 0.1) is 113 Å². The van der Waals surface area contributed by atoms with Crippen LogP contribution in [0.3, 0.4) is 0 Å². The lowest BCUT2D eigenvalue weighted by Gasteiger charge is -2.17. The van der Waals surface area contributed by atoms with Gasteiger partial charge in [0.25, 0.3) is 11.4 Å². The molecule has 0 bridgehead atoms. The van der Waals surface area contributed by atoms with Crippen LogP contribution in [0.1, 0.15) is 235 Å². The predicted molar refractivity (Wildman–Crippen MR) is 514 cm³/mol. The standard InChI is InChI=1S/C20H30N4O2.C20H30N2O4.C20H32N2O2.C16H22ClNO4.C10H11ClFNO4.C5H11N.C4H9N.CBrN/c1-25-18-14-17-16(22-20(21)24(17)15-7-2-3-8-15)13-19(18)26-12-6-11-23-9-4-5-10-23;1-25-19-14-17(13-16-7-2-3-8-16)18(22(23)24)15-20(19)26-12-6-11-21-9-4-5-10-21;1-23-19-14-17(13-16-7-2-3-8-16)18(21)15-20(19)24-12-6-11-22-9-4-5-10-22;1-21-15-10-13(9-12-5-2-3-6-12)14(18(19)20)11-16(15)22-8-4-7-17;1-16-9-5-7(12)8(13(14)15)6-10(9)17-4-2-3-11;6-5-3-1-2-4-5;1-2-4-5-3-1;2-1-3/h13-15H,2-12H2,1H3,(H2,21,22);14-16H,2-13H2,1H3;14-16H,2-13,21H2,1H3;10-12H,2-9H2,1H3;5-6H,2-4H2,1H3;5H,1-4,6H2;5H,1-4H2;. The van der Waals surface area contributed by atoms with E-state index >= 15 is 0 Å². The Kier molecular flexibility index (Phi) is 49.2. The summed E-state index contributed by atoms with van der Waals surface area (Å²) in [5.74, 6) is 7.81. The van der Waals surface area contributed by atoms with Crippen LogP contribution in [0.25, 0.3) is 11.0 Å². The van der Waals surface area contributed by atoms with E-state index < -0.39 is 16.4 Å². The Bertz CT molecular complexity index is 4310. The number of nitrogens with two attached hydrogens (primary N) is 3. The van der Waals surface area contributed by atoms with Crippen molar-refractivity contribution in [3.05, 3.63) is 114 Å². The first-order valence-corrected chi connectivity index (χ1v) is 49.0. The second-order valence-corrected chi connectivity index (χ2v) is 35.8. The Hall–Kier alpha value is -8.35. The van der Waals surface area contributed by atoms with Gasteiger partial charge in [-0.3, -0.25) is 30.3 Å². The lowest BCUT2D eigenvalue weighted by molar-refractivity contribution is -0.387. The number of hydrogen-bond acceptors (Lipinski definition) is 25. The fourth-order valence-corrected chi connectivity index (χ4v) is 18.6. The Morgan fingerprint density at radius 2 is 0.760 bits per heavy atom. The van der Waals surface area contributed by atoms with Gasteiger partial charge in [0.1, 0.15) is 4.98 Å². The van der Waals surface area contributed by atoms with Crippen molar-refractivity contribution in [2.45, 2.75) is 243 Å². The number of fused-ring (bicyclic) bond motifs is 1. The molecule has 7 N–H and O–H groups in total. The number of aromatic nitrogens is 2. The summed E-state index contributed by atoms with van der Waals surface area (Å²) in [5.41, 5.74) is 23.2. The summed E-state index contributed by atoms with van der Waals surface area (Å²) in [6, 6.07) is 17.6. The number of anilines is 2. The molecule has 718 valence electrons. The number of ether oxygens (including phenoxy) is 10. The highest BCUT2D eigenvalue weighted by Gasteiger charge is 2.30. The Labute approximate surface area is 782 Å². The molecule has 5 aromatic carbocycles. The third kappa shape index (κ3) is 36.3. The monoisotopic (exact) mass is 1900 g/mol. The summed E-state index contributed by atoms with van der Waals surface area (Å²) in [6.45, 7) is 15.7. The largest absolute Gasteiger partial charge is 0.493 e. The van der Waals surface area contributed by atoms with Gasteiger partial charge in [-0.15, -0.1) is 23.2 Å². The van der Waals surface area contributed by atoms with Crippen molar-refractivity contribution in [3.8, 4) is 62.5 Å². The zero-order valence-corrected chi connectivity index (χ0v) is 80.2. The molecule has 9 aliphatic rings. The Morgan fingerprint density at radius 1 is 0.442 bits per heavy atom. The summed E-state index contributed by atoms with van der Waals surface area (Å²) in [5, 5.41) is 43.9. The molecule has 5 saturated carbocycles. The minimum absolute atomic E-state index is 0.114. The molecule has 1 aromatic heterocycles. The van der Waals surface area contributed by atoms with Gasteiger partial charge >= 0.3 is 5.69 Å². The molecule has 0 unspecified atom stereocenters.